The Hall–Kier alpha value is -0.640. The Kier molecular flexibility index (Phi) is 5.74. The van der Waals surface area contributed by atoms with E-state index in [4.69, 9.17) is 16.7 Å². The Bertz CT molecular complexity index is 333. The Morgan fingerprint density at radius 2 is 2.12 bits per heavy atom. The molecule has 4 heteroatoms. The van der Waals surface area contributed by atoms with Crippen LogP contribution in [0.25, 0.3) is 0 Å². The van der Waals surface area contributed by atoms with Gasteiger partial charge in [-0.15, -0.1) is 0 Å². The van der Waals surface area contributed by atoms with E-state index in [9.17, 15) is 4.39 Å². The average molecular weight is 246 g/mol. The van der Waals surface area contributed by atoms with Crippen molar-refractivity contribution in [2.45, 2.75) is 19.4 Å². The molecule has 0 fully saturated rings. The number of halogens is 2. The largest absolute Gasteiger partial charge is 0.396 e. The van der Waals surface area contributed by atoms with Crippen molar-refractivity contribution >= 4 is 11.6 Å². The van der Waals surface area contributed by atoms with Crippen LogP contribution in [0.4, 0.5) is 4.39 Å². The maximum Gasteiger partial charge on any atom is 0.141 e. The molecule has 0 aliphatic rings. The van der Waals surface area contributed by atoms with Crippen LogP contribution in [0.5, 0.6) is 0 Å². The summed E-state index contributed by atoms with van der Waals surface area (Å²) in [6, 6.07) is 4.78. The van der Waals surface area contributed by atoms with Crippen molar-refractivity contribution in [3.8, 4) is 0 Å². The Morgan fingerprint density at radius 3 is 2.75 bits per heavy atom. The van der Waals surface area contributed by atoms with Gasteiger partial charge < -0.3 is 10.0 Å². The summed E-state index contributed by atoms with van der Waals surface area (Å²) in [7, 11) is 1.99. The van der Waals surface area contributed by atoms with E-state index in [0.717, 1.165) is 31.5 Å². The zero-order valence-electron chi connectivity index (χ0n) is 9.42. The molecule has 90 valence electrons. The molecule has 1 rings (SSSR count). The number of rotatable bonds is 6. The lowest BCUT2D eigenvalue weighted by atomic mass is 10.2. The summed E-state index contributed by atoms with van der Waals surface area (Å²) < 4.78 is 12.9. The van der Waals surface area contributed by atoms with E-state index in [2.05, 4.69) is 4.90 Å². The lowest BCUT2D eigenvalue weighted by Gasteiger charge is -2.16. The first-order chi connectivity index (χ1) is 7.63. The van der Waals surface area contributed by atoms with Gasteiger partial charge in [0.2, 0.25) is 0 Å². The molecular formula is C12H17ClFNO. The standard InChI is InChI=1S/C12H17ClFNO/c1-15(6-2-3-7-16)9-10-4-5-12(14)11(13)8-10/h4-5,8,16H,2-3,6-7,9H2,1H3. The van der Waals surface area contributed by atoms with E-state index >= 15 is 0 Å². The van der Waals surface area contributed by atoms with Crippen molar-refractivity contribution < 1.29 is 9.50 Å². The van der Waals surface area contributed by atoms with Crippen LogP contribution in [0, 0.1) is 5.82 Å². The fourth-order valence-electron chi connectivity index (χ4n) is 1.52. The van der Waals surface area contributed by atoms with Gasteiger partial charge in [0.25, 0.3) is 0 Å². The van der Waals surface area contributed by atoms with E-state index < -0.39 is 0 Å². The number of benzene rings is 1. The molecule has 16 heavy (non-hydrogen) atoms. The molecule has 0 saturated carbocycles. The molecule has 0 unspecified atom stereocenters. The minimum absolute atomic E-state index is 0.168. The fourth-order valence-corrected chi connectivity index (χ4v) is 1.73. The second-order valence-corrected chi connectivity index (χ2v) is 4.32. The van der Waals surface area contributed by atoms with Gasteiger partial charge >= 0.3 is 0 Å². The molecule has 0 saturated heterocycles. The predicted octanol–water partition coefficient (Wildman–Crippen LogP) is 2.68. The number of aliphatic hydroxyl groups excluding tert-OH is 1. The van der Waals surface area contributed by atoms with E-state index in [0.29, 0.717) is 0 Å². The highest BCUT2D eigenvalue weighted by molar-refractivity contribution is 6.30. The zero-order valence-corrected chi connectivity index (χ0v) is 10.2. The van der Waals surface area contributed by atoms with Crippen LogP contribution in [0.3, 0.4) is 0 Å². The summed E-state index contributed by atoms with van der Waals surface area (Å²) in [4.78, 5) is 2.12. The van der Waals surface area contributed by atoms with E-state index in [-0.39, 0.29) is 17.4 Å². The predicted molar refractivity (Wildman–Crippen MR) is 64.1 cm³/mol. The van der Waals surface area contributed by atoms with Gasteiger partial charge in [-0.1, -0.05) is 17.7 Å². The van der Waals surface area contributed by atoms with Crippen molar-refractivity contribution in [3.63, 3.8) is 0 Å². The molecule has 0 atom stereocenters. The zero-order chi connectivity index (χ0) is 12.0. The summed E-state index contributed by atoms with van der Waals surface area (Å²) >= 11 is 5.70. The molecule has 0 aliphatic heterocycles. The monoisotopic (exact) mass is 245 g/mol. The molecule has 0 amide bonds. The van der Waals surface area contributed by atoms with Crippen molar-refractivity contribution in [1.82, 2.24) is 4.90 Å². The lowest BCUT2D eigenvalue weighted by Crippen LogP contribution is -2.19. The Balaban J connectivity index is 2.43. The Morgan fingerprint density at radius 1 is 1.38 bits per heavy atom. The molecule has 0 heterocycles. The normalized spacial score (nSPS) is 11.1. The summed E-state index contributed by atoms with van der Waals surface area (Å²) in [6.07, 6.45) is 1.77. The average Bonchev–Trinajstić information content (AvgIpc) is 2.24. The van der Waals surface area contributed by atoms with Crippen molar-refractivity contribution in [3.05, 3.63) is 34.6 Å². The van der Waals surface area contributed by atoms with Gasteiger partial charge in [-0.05, 0) is 44.1 Å². The third-order valence-electron chi connectivity index (χ3n) is 2.38. The number of nitrogens with zero attached hydrogens (tertiary/aromatic N) is 1. The van der Waals surface area contributed by atoms with Crippen molar-refractivity contribution in [1.29, 1.82) is 0 Å². The topological polar surface area (TPSA) is 23.5 Å². The third kappa shape index (κ3) is 4.47. The summed E-state index contributed by atoms with van der Waals surface area (Å²) in [6.45, 7) is 1.89. The van der Waals surface area contributed by atoms with Gasteiger partial charge in [-0.2, -0.15) is 0 Å². The number of hydrogen-bond acceptors (Lipinski definition) is 2. The number of unbranched alkanes of at least 4 members (excludes halogenated alkanes) is 1. The smallest absolute Gasteiger partial charge is 0.141 e. The maximum absolute atomic E-state index is 12.9. The summed E-state index contributed by atoms with van der Waals surface area (Å²) in [5.74, 6) is -0.381. The van der Waals surface area contributed by atoms with Crippen LogP contribution in [0.15, 0.2) is 18.2 Å². The van der Waals surface area contributed by atoms with Gasteiger partial charge in [0.15, 0.2) is 0 Å². The third-order valence-corrected chi connectivity index (χ3v) is 2.67. The molecule has 0 spiro atoms. The van der Waals surface area contributed by atoms with Gasteiger partial charge in [-0.25, -0.2) is 4.39 Å². The molecule has 2 nitrogen and oxygen atoms in total. The minimum Gasteiger partial charge on any atom is -0.396 e. The van der Waals surface area contributed by atoms with Gasteiger partial charge in [-0.3, -0.25) is 0 Å². The van der Waals surface area contributed by atoms with Crippen LogP contribution in [0.2, 0.25) is 5.02 Å². The van der Waals surface area contributed by atoms with E-state index in [1.807, 2.05) is 7.05 Å². The van der Waals surface area contributed by atoms with Crippen molar-refractivity contribution in [2.75, 3.05) is 20.2 Å². The first-order valence-electron chi connectivity index (χ1n) is 5.37. The summed E-state index contributed by atoms with van der Waals surface area (Å²) in [5, 5.41) is 8.83. The highest BCUT2D eigenvalue weighted by Crippen LogP contribution is 2.16. The van der Waals surface area contributed by atoms with E-state index in [1.165, 1.54) is 6.07 Å². The first-order valence-corrected chi connectivity index (χ1v) is 5.74. The van der Waals surface area contributed by atoms with Crippen LogP contribution >= 0.6 is 11.6 Å². The molecule has 1 aromatic carbocycles. The second-order valence-electron chi connectivity index (χ2n) is 3.92. The van der Waals surface area contributed by atoms with Crippen LogP contribution in [0.1, 0.15) is 18.4 Å². The lowest BCUT2D eigenvalue weighted by molar-refractivity contribution is 0.261. The highest BCUT2D eigenvalue weighted by Gasteiger charge is 2.03. The van der Waals surface area contributed by atoms with Gasteiger partial charge in [0.1, 0.15) is 5.82 Å². The fraction of sp³-hybridized carbons (Fsp3) is 0.500. The molecule has 0 bridgehead atoms. The van der Waals surface area contributed by atoms with Crippen LogP contribution in [-0.2, 0) is 6.54 Å². The van der Waals surface area contributed by atoms with Crippen LogP contribution < -0.4 is 0 Å². The molecule has 1 aromatic rings. The van der Waals surface area contributed by atoms with Gasteiger partial charge in [0.05, 0.1) is 5.02 Å². The first kappa shape index (κ1) is 13.4. The highest BCUT2D eigenvalue weighted by atomic mass is 35.5. The van der Waals surface area contributed by atoms with E-state index in [1.54, 1.807) is 12.1 Å². The number of hydrogen-bond donors (Lipinski definition) is 1. The Labute approximate surface area is 101 Å². The van der Waals surface area contributed by atoms with Crippen LogP contribution in [-0.4, -0.2) is 30.2 Å². The molecule has 1 N–H and O–H groups in total. The molecule has 0 aliphatic carbocycles. The number of aliphatic hydroxyl groups is 1. The quantitative estimate of drug-likeness (QED) is 0.779. The maximum atomic E-state index is 12.9. The van der Waals surface area contributed by atoms with Gasteiger partial charge in [0, 0.05) is 13.2 Å². The summed E-state index contributed by atoms with van der Waals surface area (Å²) in [5.41, 5.74) is 0.998. The molecule has 0 aromatic heterocycles. The molecule has 0 radical (unpaired) electrons. The molecular weight excluding hydrogens is 229 g/mol. The SMILES string of the molecule is CN(CCCCO)Cc1ccc(F)c(Cl)c1. The minimum atomic E-state index is -0.381. The van der Waals surface area contributed by atoms with Crippen molar-refractivity contribution in [2.24, 2.45) is 0 Å². The second kappa shape index (κ2) is 6.84.